The Morgan fingerprint density at radius 3 is 2.68 bits per heavy atom. The predicted molar refractivity (Wildman–Crippen MR) is 102 cm³/mol. The number of aromatic nitrogens is 2. The first-order chi connectivity index (χ1) is 11.9. The van der Waals surface area contributed by atoms with Crippen LogP contribution in [0.5, 0.6) is 5.75 Å². The lowest BCUT2D eigenvalue weighted by Crippen LogP contribution is -2.30. The van der Waals surface area contributed by atoms with Crippen LogP contribution in [-0.4, -0.2) is 27.4 Å². The topological polar surface area (TPSA) is 64.4 Å². The fourth-order valence-corrected chi connectivity index (χ4v) is 3.13. The number of halogens is 3. The third kappa shape index (κ3) is 4.33. The van der Waals surface area contributed by atoms with Gasteiger partial charge in [0.25, 0.3) is 5.56 Å². The van der Waals surface area contributed by atoms with Gasteiger partial charge in [-0.2, -0.15) is 0 Å². The van der Waals surface area contributed by atoms with Gasteiger partial charge < -0.3 is 9.84 Å². The minimum absolute atomic E-state index is 0.0441. The molecule has 0 bridgehead atoms. The number of rotatable bonds is 5. The van der Waals surface area contributed by atoms with Crippen LogP contribution in [0.25, 0.3) is 10.9 Å². The number of nitrogens with zero attached hydrogens (tertiary/aromatic N) is 2. The quantitative estimate of drug-likeness (QED) is 0.649. The van der Waals surface area contributed by atoms with Gasteiger partial charge in [-0.3, -0.25) is 9.36 Å². The van der Waals surface area contributed by atoms with Crippen molar-refractivity contribution in [1.82, 2.24) is 9.55 Å². The van der Waals surface area contributed by atoms with Crippen LogP contribution in [0.3, 0.4) is 0 Å². The Hall–Kier alpha value is -1.60. The largest absolute Gasteiger partial charge is 0.491 e. The molecule has 0 saturated carbocycles. The second-order valence-electron chi connectivity index (χ2n) is 5.40. The first-order valence-electron chi connectivity index (χ1n) is 7.34. The molecule has 1 unspecified atom stereocenters. The second-order valence-corrected chi connectivity index (χ2v) is 7.16. The molecule has 0 saturated heterocycles. The predicted octanol–water partition coefficient (Wildman–Crippen LogP) is 3.91. The van der Waals surface area contributed by atoms with Crippen LogP contribution in [0.4, 0.5) is 0 Å². The lowest BCUT2D eigenvalue weighted by molar-refractivity contribution is 0.0915. The molecule has 3 aromatic rings. The molecule has 25 heavy (non-hydrogen) atoms. The fourth-order valence-electron chi connectivity index (χ4n) is 2.33. The summed E-state index contributed by atoms with van der Waals surface area (Å²) in [5, 5.41) is 11.1. The molecule has 8 heteroatoms. The summed E-state index contributed by atoms with van der Waals surface area (Å²) >= 11 is 15.3. The Morgan fingerprint density at radius 1 is 1.24 bits per heavy atom. The molecule has 0 aliphatic rings. The molecule has 1 N–H and O–H groups in total. The molecule has 0 amide bonds. The van der Waals surface area contributed by atoms with Gasteiger partial charge in [-0.05, 0) is 36.4 Å². The van der Waals surface area contributed by atoms with Crippen LogP contribution >= 0.6 is 39.1 Å². The Labute approximate surface area is 161 Å². The monoisotopic (exact) mass is 442 g/mol. The van der Waals surface area contributed by atoms with Gasteiger partial charge in [0.05, 0.1) is 28.8 Å². The standard InChI is InChI=1S/C17H13BrCl2N2O3/c18-10-1-3-13(4-2-10)25-8-12(23)7-22-9-21-16-14(17(22)24)5-11(19)6-15(16)20/h1-6,9,12,23H,7-8H2. The zero-order valence-electron chi connectivity index (χ0n) is 12.8. The van der Waals surface area contributed by atoms with E-state index in [9.17, 15) is 9.90 Å². The minimum atomic E-state index is -0.879. The van der Waals surface area contributed by atoms with Crippen LogP contribution in [0.1, 0.15) is 0 Å². The van der Waals surface area contributed by atoms with Crippen molar-refractivity contribution >= 4 is 50.0 Å². The third-order valence-electron chi connectivity index (χ3n) is 3.51. The third-order valence-corrected chi connectivity index (χ3v) is 4.54. The molecule has 0 fully saturated rings. The van der Waals surface area contributed by atoms with Crippen LogP contribution in [0.2, 0.25) is 10.0 Å². The number of aliphatic hydroxyl groups is 1. The number of hydrogen-bond acceptors (Lipinski definition) is 4. The van der Waals surface area contributed by atoms with E-state index >= 15 is 0 Å². The Morgan fingerprint density at radius 2 is 1.96 bits per heavy atom. The van der Waals surface area contributed by atoms with E-state index in [4.69, 9.17) is 27.9 Å². The Balaban J connectivity index is 1.74. The summed E-state index contributed by atoms with van der Waals surface area (Å²) in [6, 6.07) is 10.3. The highest BCUT2D eigenvalue weighted by Crippen LogP contribution is 2.24. The lowest BCUT2D eigenvalue weighted by atomic mass is 10.2. The maximum absolute atomic E-state index is 12.5. The van der Waals surface area contributed by atoms with Crippen molar-refractivity contribution in [3.8, 4) is 5.75 Å². The maximum atomic E-state index is 12.5. The van der Waals surface area contributed by atoms with Crippen molar-refractivity contribution in [1.29, 1.82) is 0 Å². The molecule has 1 atom stereocenters. The SMILES string of the molecule is O=c1c2cc(Cl)cc(Cl)c2ncn1CC(O)COc1ccc(Br)cc1. The molecule has 2 aromatic carbocycles. The van der Waals surface area contributed by atoms with Gasteiger partial charge in [0.1, 0.15) is 18.5 Å². The van der Waals surface area contributed by atoms with E-state index in [2.05, 4.69) is 20.9 Å². The molecule has 0 aliphatic carbocycles. The van der Waals surface area contributed by atoms with Gasteiger partial charge in [-0.1, -0.05) is 39.1 Å². The van der Waals surface area contributed by atoms with Gasteiger partial charge in [0.2, 0.25) is 0 Å². The number of benzene rings is 2. The van der Waals surface area contributed by atoms with E-state index in [1.807, 2.05) is 12.1 Å². The van der Waals surface area contributed by atoms with E-state index in [1.165, 1.54) is 23.0 Å². The first kappa shape index (κ1) is 18.2. The molecule has 5 nitrogen and oxygen atoms in total. The van der Waals surface area contributed by atoms with Crippen molar-refractivity contribution in [3.05, 3.63) is 67.6 Å². The highest BCUT2D eigenvalue weighted by Gasteiger charge is 2.12. The van der Waals surface area contributed by atoms with Gasteiger partial charge in [0, 0.05) is 9.50 Å². The first-order valence-corrected chi connectivity index (χ1v) is 8.89. The normalized spacial score (nSPS) is 12.3. The van der Waals surface area contributed by atoms with Gasteiger partial charge in [-0.15, -0.1) is 0 Å². The van der Waals surface area contributed by atoms with Crippen molar-refractivity contribution in [2.45, 2.75) is 12.6 Å². The van der Waals surface area contributed by atoms with E-state index in [0.717, 1.165) is 4.47 Å². The average Bonchev–Trinajstić information content (AvgIpc) is 2.57. The zero-order valence-corrected chi connectivity index (χ0v) is 15.9. The number of ether oxygens (including phenoxy) is 1. The average molecular weight is 444 g/mol. The minimum Gasteiger partial charge on any atom is -0.491 e. The molecule has 130 valence electrons. The smallest absolute Gasteiger partial charge is 0.261 e. The van der Waals surface area contributed by atoms with Gasteiger partial charge in [0.15, 0.2) is 0 Å². The van der Waals surface area contributed by atoms with Crippen LogP contribution in [-0.2, 0) is 6.54 Å². The number of fused-ring (bicyclic) bond motifs is 1. The van der Waals surface area contributed by atoms with E-state index in [1.54, 1.807) is 12.1 Å². The van der Waals surface area contributed by atoms with E-state index < -0.39 is 6.10 Å². The number of hydrogen-bond donors (Lipinski definition) is 1. The summed E-state index contributed by atoms with van der Waals surface area (Å²) in [6.07, 6.45) is 0.475. The fraction of sp³-hybridized carbons (Fsp3) is 0.176. The molecule has 1 aromatic heterocycles. The molecule has 0 aliphatic heterocycles. The van der Waals surface area contributed by atoms with E-state index in [-0.39, 0.29) is 18.7 Å². The summed E-state index contributed by atoms with van der Waals surface area (Å²) in [5.74, 6) is 0.629. The van der Waals surface area contributed by atoms with Gasteiger partial charge in [-0.25, -0.2) is 4.98 Å². The summed E-state index contributed by atoms with van der Waals surface area (Å²) in [4.78, 5) is 16.7. The van der Waals surface area contributed by atoms with E-state index in [0.29, 0.717) is 26.7 Å². The van der Waals surface area contributed by atoms with Crippen LogP contribution < -0.4 is 10.3 Å². The highest BCUT2D eigenvalue weighted by atomic mass is 79.9. The van der Waals surface area contributed by atoms with Crippen molar-refractivity contribution in [2.75, 3.05) is 6.61 Å². The van der Waals surface area contributed by atoms with Crippen molar-refractivity contribution < 1.29 is 9.84 Å². The van der Waals surface area contributed by atoms with Crippen molar-refractivity contribution in [2.24, 2.45) is 0 Å². The molecular weight excluding hydrogens is 431 g/mol. The molecule has 0 radical (unpaired) electrons. The van der Waals surface area contributed by atoms with Gasteiger partial charge >= 0.3 is 0 Å². The van der Waals surface area contributed by atoms with Crippen LogP contribution in [0.15, 0.2) is 52.0 Å². The summed E-state index contributed by atoms with van der Waals surface area (Å²) in [7, 11) is 0. The molecule has 1 heterocycles. The number of aliphatic hydroxyl groups excluding tert-OH is 1. The zero-order chi connectivity index (χ0) is 18.0. The second kappa shape index (κ2) is 7.74. The Kier molecular flexibility index (Phi) is 5.64. The summed E-state index contributed by atoms with van der Waals surface area (Å²) in [6.45, 7) is 0.0881. The van der Waals surface area contributed by atoms with Crippen molar-refractivity contribution in [3.63, 3.8) is 0 Å². The Bertz CT molecular complexity index is 961. The lowest BCUT2D eigenvalue weighted by Gasteiger charge is -2.14. The maximum Gasteiger partial charge on any atom is 0.261 e. The highest BCUT2D eigenvalue weighted by molar-refractivity contribution is 9.10. The molecular formula is C17H13BrCl2N2O3. The molecule has 3 rings (SSSR count). The summed E-state index contributed by atoms with van der Waals surface area (Å²) < 4.78 is 7.76. The summed E-state index contributed by atoms with van der Waals surface area (Å²) in [5.41, 5.74) is 0.0602. The van der Waals surface area contributed by atoms with Crippen LogP contribution in [0, 0.1) is 0 Å². The molecule has 0 spiro atoms.